The van der Waals surface area contributed by atoms with E-state index in [4.69, 9.17) is 19.1 Å². The van der Waals surface area contributed by atoms with Crippen LogP contribution in [0.2, 0.25) is 0 Å². The van der Waals surface area contributed by atoms with E-state index in [1.807, 2.05) is 85.6 Å². The van der Waals surface area contributed by atoms with Gasteiger partial charge in [0.05, 0.1) is 25.4 Å². The second kappa shape index (κ2) is 10.8. The van der Waals surface area contributed by atoms with Crippen LogP contribution in [0.25, 0.3) is 28.2 Å². The average Bonchev–Trinajstić information content (AvgIpc) is 3.40. The van der Waals surface area contributed by atoms with Crippen LogP contribution in [-0.4, -0.2) is 63.4 Å². The molecule has 0 unspecified atom stereocenters. The molecule has 1 aliphatic rings. The Kier molecular flexibility index (Phi) is 7.14. The first-order chi connectivity index (χ1) is 18.1. The first-order valence-corrected chi connectivity index (χ1v) is 12.2. The Morgan fingerprint density at radius 3 is 2.32 bits per heavy atom. The van der Waals surface area contributed by atoms with Crippen LogP contribution in [0.15, 0.2) is 78.0 Å². The van der Waals surface area contributed by atoms with Gasteiger partial charge in [-0.25, -0.2) is 0 Å². The van der Waals surface area contributed by atoms with Gasteiger partial charge in [-0.05, 0) is 43.9 Å². The highest BCUT2D eigenvalue weighted by Gasteiger charge is 2.35. The van der Waals surface area contributed by atoms with Crippen molar-refractivity contribution in [1.82, 2.24) is 9.63 Å². The molecule has 1 aromatic heterocycles. The third-order valence-electron chi connectivity index (χ3n) is 6.30. The number of fused-ring (bicyclic) bond motifs is 5. The molecule has 1 heterocycles. The van der Waals surface area contributed by atoms with Gasteiger partial charge in [0.25, 0.3) is 0 Å². The number of aromatic nitrogens is 1. The third kappa shape index (κ3) is 4.78. The van der Waals surface area contributed by atoms with Crippen molar-refractivity contribution in [1.29, 1.82) is 0 Å². The molecule has 0 aliphatic heterocycles. The molecule has 0 saturated carbocycles. The number of hydrogen-bond donors (Lipinski definition) is 0. The summed E-state index contributed by atoms with van der Waals surface area (Å²) in [6, 6.07) is 22.2. The highest BCUT2D eigenvalue weighted by molar-refractivity contribution is 6.30. The number of benzene rings is 3. The lowest BCUT2D eigenvalue weighted by Gasteiger charge is -2.16. The van der Waals surface area contributed by atoms with Crippen LogP contribution in [-0.2, 0) is 4.84 Å². The first-order valence-electron chi connectivity index (χ1n) is 12.2. The lowest BCUT2D eigenvalue weighted by Crippen LogP contribution is -2.24. The molecule has 0 radical (unpaired) electrons. The van der Waals surface area contributed by atoms with E-state index in [-0.39, 0.29) is 0 Å². The largest absolute Gasteiger partial charge is 0.493 e. The maximum absolute atomic E-state index is 6.34. The Bertz CT molecular complexity index is 1450. The maximum atomic E-state index is 6.34. The molecule has 1 aliphatic carbocycles. The zero-order valence-electron chi connectivity index (χ0n) is 21.6. The van der Waals surface area contributed by atoms with Gasteiger partial charge in [-0.2, -0.15) is 4.73 Å². The maximum Gasteiger partial charge on any atom is 0.161 e. The summed E-state index contributed by atoms with van der Waals surface area (Å²) in [7, 11) is 7.33. The minimum atomic E-state index is 0.342. The van der Waals surface area contributed by atoms with E-state index < -0.39 is 0 Å². The van der Waals surface area contributed by atoms with Crippen LogP contribution in [0.4, 0.5) is 0 Å². The summed E-state index contributed by atoms with van der Waals surface area (Å²) in [5.41, 5.74) is 6.59. The van der Waals surface area contributed by atoms with Gasteiger partial charge in [-0.15, -0.1) is 0 Å². The quantitative estimate of drug-likeness (QED) is 0.198. The van der Waals surface area contributed by atoms with E-state index in [9.17, 15) is 0 Å². The molecule has 0 N–H and O–H groups in total. The van der Waals surface area contributed by atoms with Gasteiger partial charge in [0.15, 0.2) is 11.5 Å². The van der Waals surface area contributed by atoms with Gasteiger partial charge in [-0.3, -0.25) is 0 Å². The minimum absolute atomic E-state index is 0.342. The molecule has 0 fully saturated rings. The predicted octanol–water partition coefficient (Wildman–Crippen LogP) is 5.11. The predicted molar refractivity (Wildman–Crippen MR) is 148 cm³/mol. The zero-order chi connectivity index (χ0) is 25.8. The number of rotatable bonds is 10. The molecule has 37 heavy (non-hydrogen) atoms. The van der Waals surface area contributed by atoms with Crippen LogP contribution >= 0.6 is 0 Å². The van der Waals surface area contributed by atoms with Gasteiger partial charge in [0.2, 0.25) is 0 Å². The van der Waals surface area contributed by atoms with Crippen LogP contribution in [0.3, 0.4) is 0 Å². The highest BCUT2D eigenvalue weighted by atomic mass is 16.7. The molecule has 5 rings (SSSR count). The highest BCUT2D eigenvalue weighted by Crippen LogP contribution is 2.46. The second-order valence-electron chi connectivity index (χ2n) is 8.97. The fraction of sp³-hybridized carbons (Fsp3) is 0.233. The van der Waals surface area contributed by atoms with E-state index in [1.54, 1.807) is 14.2 Å². The Balaban J connectivity index is 1.58. The molecule has 7 nitrogen and oxygen atoms in total. The summed E-state index contributed by atoms with van der Waals surface area (Å²) in [6.45, 7) is 1.67. The zero-order valence-corrected chi connectivity index (χ0v) is 21.6. The SMILES string of the molecule is COc1cc2c(cc1OC)-c1c(c3ccccc3n1OCCN(C)C)/C2=N\OCC=Cc1ccccc1. The van der Waals surface area contributed by atoms with E-state index in [0.29, 0.717) is 24.7 Å². The number of para-hydroxylation sites is 1. The summed E-state index contributed by atoms with van der Waals surface area (Å²) in [5, 5.41) is 5.67. The second-order valence-corrected chi connectivity index (χ2v) is 8.97. The van der Waals surface area contributed by atoms with Crippen molar-refractivity contribution in [2.24, 2.45) is 5.16 Å². The van der Waals surface area contributed by atoms with Crippen LogP contribution in [0.5, 0.6) is 11.5 Å². The lowest BCUT2D eigenvalue weighted by atomic mass is 10.1. The molecular weight excluding hydrogens is 466 g/mol. The molecular formula is C30H31N3O4. The summed E-state index contributed by atoms with van der Waals surface area (Å²) < 4.78 is 13.2. The number of oxime groups is 1. The van der Waals surface area contributed by atoms with Crippen molar-refractivity contribution in [2.75, 3.05) is 48.1 Å². The van der Waals surface area contributed by atoms with Crippen molar-refractivity contribution in [3.8, 4) is 22.8 Å². The van der Waals surface area contributed by atoms with Crippen molar-refractivity contribution >= 4 is 22.7 Å². The van der Waals surface area contributed by atoms with Crippen molar-refractivity contribution in [3.05, 3.63) is 89.5 Å². The Labute approximate surface area is 217 Å². The number of likely N-dealkylation sites (N-methyl/N-ethyl adjacent to an activating group) is 1. The van der Waals surface area contributed by atoms with Gasteiger partial charge in [0, 0.05) is 28.6 Å². The summed E-state index contributed by atoms with van der Waals surface area (Å²) in [4.78, 5) is 14.3. The van der Waals surface area contributed by atoms with Crippen molar-refractivity contribution in [3.63, 3.8) is 0 Å². The molecule has 190 valence electrons. The number of hydrogen-bond acceptors (Lipinski definition) is 6. The molecule has 0 amide bonds. The first kappa shape index (κ1) is 24.5. The molecule has 4 aromatic rings. The number of nitrogens with zero attached hydrogens (tertiary/aromatic N) is 3. The molecule has 3 aromatic carbocycles. The van der Waals surface area contributed by atoms with Crippen LogP contribution < -0.4 is 14.3 Å². The monoisotopic (exact) mass is 497 g/mol. The normalized spacial score (nSPS) is 13.4. The fourth-order valence-corrected chi connectivity index (χ4v) is 4.54. The smallest absolute Gasteiger partial charge is 0.161 e. The van der Waals surface area contributed by atoms with Crippen LogP contribution in [0.1, 0.15) is 16.7 Å². The Hall–Kier alpha value is -4.23. The van der Waals surface area contributed by atoms with Gasteiger partial charge < -0.3 is 24.0 Å². The molecule has 0 spiro atoms. The third-order valence-corrected chi connectivity index (χ3v) is 6.30. The van der Waals surface area contributed by atoms with E-state index in [1.165, 1.54) is 0 Å². The van der Waals surface area contributed by atoms with Crippen LogP contribution in [0, 0.1) is 0 Å². The molecule has 0 atom stereocenters. The topological polar surface area (TPSA) is 57.5 Å². The summed E-state index contributed by atoms with van der Waals surface area (Å²) in [6.07, 6.45) is 3.98. The van der Waals surface area contributed by atoms with E-state index >= 15 is 0 Å². The average molecular weight is 498 g/mol. The van der Waals surface area contributed by atoms with Gasteiger partial charge in [-0.1, -0.05) is 59.8 Å². The van der Waals surface area contributed by atoms with Crippen molar-refractivity contribution in [2.45, 2.75) is 0 Å². The van der Waals surface area contributed by atoms with E-state index in [0.717, 1.165) is 51.1 Å². The van der Waals surface area contributed by atoms with Gasteiger partial charge in [0.1, 0.15) is 18.9 Å². The van der Waals surface area contributed by atoms with Gasteiger partial charge >= 0.3 is 0 Å². The van der Waals surface area contributed by atoms with E-state index in [2.05, 4.69) is 22.2 Å². The Morgan fingerprint density at radius 1 is 0.892 bits per heavy atom. The summed E-state index contributed by atoms with van der Waals surface area (Å²) >= 11 is 0. The molecule has 0 bridgehead atoms. The Morgan fingerprint density at radius 2 is 1.59 bits per heavy atom. The number of methoxy groups -OCH3 is 2. The summed E-state index contributed by atoms with van der Waals surface area (Å²) in [5.74, 6) is 1.28. The standard InChI is InChI=1S/C30H31N3O4/c1-32(2)16-18-37-33-25-15-9-8-14-22(25)28-29(31-36-17-10-13-21-11-6-5-7-12-21)23-19-26(34-3)27(35-4)20-24(23)30(28)33/h5-15,19-20H,16-18H2,1-4H3/b13-10?,31-29-. The fourth-order valence-electron chi connectivity index (χ4n) is 4.54. The molecule has 0 saturated heterocycles. The van der Waals surface area contributed by atoms with Crippen molar-refractivity contribution < 1.29 is 19.1 Å². The molecule has 7 heteroatoms. The minimum Gasteiger partial charge on any atom is -0.493 e. The lowest BCUT2D eigenvalue weighted by molar-refractivity contribution is 0.109. The number of ether oxygens (including phenoxy) is 2.